The summed E-state index contributed by atoms with van der Waals surface area (Å²) >= 11 is 0. The molecule has 0 unspecified atom stereocenters. The number of ether oxygens (including phenoxy) is 2. The van der Waals surface area contributed by atoms with Gasteiger partial charge in [-0.1, -0.05) is 0 Å². The summed E-state index contributed by atoms with van der Waals surface area (Å²) in [4.78, 5) is 41.2. The lowest BCUT2D eigenvalue weighted by atomic mass is 10.1. The molecule has 2 aromatic rings. The minimum absolute atomic E-state index is 0.00447. The Morgan fingerprint density at radius 1 is 1.08 bits per heavy atom. The lowest BCUT2D eigenvalue weighted by Crippen LogP contribution is -2.55. The van der Waals surface area contributed by atoms with Gasteiger partial charge in [-0.25, -0.2) is 8.78 Å². The third-order valence-corrected chi connectivity index (χ3v) is 6.10. The number of carbonyl (C=O) groups is 3. The number of aliphatic hydroxyl groups is 1. The quantitative estimate of drug-likeness (QED) is 0.257. The average Bonchev–Trinajstić information content (AvgIpc) is 2.90. The molecule has 14 heteroatoms. The number of nitrogens with two attached hydrogens (primary N) is 1. The Morgan fingerprint density at radius 3 is 2.47 bits per heavy atom. The molecule has 3 amide bonds. The molecule has 2 fully saturated rings. The van der Waals surface area contributed by atoms with Gasteiger partial charge in [-0.05, 0) is 24.3 Å². The molecule has 6 N–H and O–H groups in total. The Balaban J connectivity index is 1.50. The lowest BCUT2D eigenvalue weighted by molar-refractivity contribution is -0.150. The highest BCUT2D eigenvalue weighted by molar-refractivity contribution is 6.05. The highest BCUT2D eigenvalue weighted by atomic mass is 19.1. The van der Waals surface area contributed by atoms with Crippen LogP contribution in [0.4, 0.5) is 20.2 Å². The maximum Gasteiger partial charge on any atom is 0.259 e. The first kappa shape index (κ1) is 26.9. The van der Waals surface area contributed by atoms with Crippen LogP contribution >= 0.6 is 0 Å². The molecule has 2 aliphatic rings. The highest BCUT2D eigenvalue weighted by Crippen LogP contribution is 2.27. The zero-order valence-electron chi connectivity index (χ0n) is 19.9. The maximum atomic E-state index is 14.5. The number of nitrogens with one attached hydrogen (secondary N) is 2. The van der Waals surface area contributed by atoms with E-state index in [0.717, 1.165) is 23.1 Å². The molecule has 0 saturated carbocycles. The summed E-state index contributed by atoms with van der Waals surface area (Å²) in [5, 5.41) is 29.8. The molecule has 2 atom stereocenters. The van der Waals surface area contributed by atoms with Crippen molar-refractivity contribution in [1.82, 2.24) is 4.90 Å². The summed E-state index contributed by atoms with van der Waals surface area (Å²) in [5.74, 6) is -5.62. The Kier molecular flexibility index (Phi) is 7.85. The molecule has 12 nitrogen and oxygen atoms in total. The normalized spacial score (nSPS) is 18.7. The van der Waals surface area contributed by atoms with Gasteiger partial charge in [0.1, 0.15) is 23.2 Å². The molecule has 0 aliphatic carbocycles. The summed E-state index contributed by atoms with van der Waals surface area (Å²) < 4.78 is 39.4. The Bertz CT molecular complexity index is 1290. The number of phenols is 1. The van der Waals surface area contributed by atoms with Crippen LogP contribution in [0.1, 0.15) is 15.9 Å². The minimum Gasteiger partial charge on any atom is -0.507 e. The van der Waals surface area contributed by atoms with E-state index in [1.165, 1.54) is 17.0 Å². The van der Waals surface area contributed by atoms with Crippen LogP contribution in [-0.4, -0.2) is 90.3 Å². The Hall–Kier alpha value is -4.14. The summed E-state index contributed by atoms with van der Waals surface area (Å²) in [6, 6.07) is 5.08. The van der Waals surface area contributed by atoms with Crippen LogP contribution in [0.5, 0.6) is 5.75 Å². The van der Waals surface area contributed by atoms with Gasteiger partial charge in [-0.3, -0.25) is 19.8 Å². The van der Waals surface area contributed by atoms with Crippen molar-refractivity contribution >= 4 is 34.9 Å². The Morgan fingerprint density at radius 2 is 1.79 bits per heavy atom. The van der Waals surface area contributed by atoms with Gasteiger partial charge < -0.3 is 40.5 Å². The van der Waals surface area contributed by atoms with E-state index in [2.05, 4.69) is 5.32 Å². The van der Waals surface area contributed by atoms with Gasteiger partial charge >= 0.3 is 0 Å². The topological polar surface area (TPSA) is 179 Å². The number of hydrogen-bond donors (Lipinski definition) is 5. The molecular formula is C24H25F2N5O7. The smallest absolute Gasteiger partial charge is 0.259 e. The summed E-state index contributed by atoms with van der Waals surface area (Å²) in [6.07, 6.45) is -3.78. The van der Waals surface area contributed by atoms with Gasteiger partial charge in [0.2, 0.25) is 0 Å². The summed E-state index contributed by atoms with van der Waals surface area (Å²) in [5.41, 5.74) is 4.34. The second kappa shape index (κ2) is 11.1. The number of halogens is 2. The number of hydrogen-bond acceptors (Lipinski definition) is 8. The predicted octanol–water partition coefficient (Wildman–Crippen LogP) is 0.158. The van der Waals surface area contributed by atoms with Crippen LogP contribution in [0, 0.1) is 17.0 Å². The second-order valence-corrected chi connectivity index (χ2v) is 8.55. The molecule has 2 aromatic carbocycles. The zero-order valence-corrected chi connectivity index (χ0v) is 19.9. The number of nitrogen functional groups attached to an aromatic ring is 1. The molecule has 0 spiro atoms. The van der Waals surface area contributed by atoms with Crippen LogP contribution in [0.25, 0.3) is 0 Å². The van der Waals surface area contributed by atoms with Gasteiger partial charge in [0.15, 0.2) is 12.2 Å². The number of anilines is 2. The van der Waals surface area contributed by atoms with Crippen molar-refractivity contribution in [3.05, 3.63) is 53.1 Å². The average molecular weight is 533 g/mol. The number of benzene rings is 2. The number of aliphatic hydroxyl groups excluding tert-OH is 1. The molecule has 2 saturated heterocycles. The molecule has 2 aliphatic heterocycles. The second-order valence-electron chi connectivity index (χ2n) is 8.55. The first-order valence-electron chi connectivity index (χ1n) is 11.5. The minimum atomic E-state index is -2.09. The molecule has 38 heavy (non-hydrogen) atoms. The van der Waals surface area contributed by atoms with Crippen molar-refractivity contribution in [2.75, 3.05) is 49.7 Å². The third-order valence-electron chi connectivity index (χ3n) is 6.10. The molecule has 0 radical (unpaired) electrons. The number of carbonyl (C=O) groups excluding carboxylic acids is 3. The number of phenolic OH excluding ortho intramolecular Hbond substituents is 1. The fourth-order valence-corrected chi connectivity index (χ4v) is 4.09. The van der Waals surface area contributed by atoms with Gasteiger partial charge in [0.25, 0.3) is 17.7 Å². The van der Waals surface area contributed by atoms with Gasteiger partial charge in [0.05, 0.1) is 36.6 Å². The number of rotatable bonds is 6. The Labute approximate surface area is 215 Å². The van der Waals surface area contributed by atoms with Crippen LogP contribution in [-0.2, 0) is 19.1 Å². The molecule has 4 rings (SSSR count). The summed E-state index contributed by atoms with van der Waals surface area (Å²) in [6.45, 7) is 1.11. The molecule has 202 valence electrons. The lowest BCUT2D eigenvalue weighted by Gasteiger charge is -2.34. The first-order valence-corrected chi connectivity index (χ1v) is 11.5. The number of amidine groups is 1. The third kappa shape index (κ3) is 5.41. The van der Waals surface area contributed by atoms with E-state index < -0.39 is 58.8 Å². The van der Waals surface area contributed by atoms with E-state index in [9.17, 15) is 33.4 Å². The van der Waals surface area contributed by atoms with Crippen LogP contribution in [0.3, 0.4) is 0 Å². The van der Waals surface area contributed by atoms with Crippen LogP contribution in [0.2, 0.25) is 0 Å². The maximum absolute atomic E-state index is 14.5. The first-order chi connectivity index (χ1) is 18.1. The van der Waals surface area contributed by atoms with Gasteiger partial charge in [0, 0.05) is 31.4 Å². The standard InChI is InChI=1S/C24H25F2N5O7/c25-15-2-1-12(9-13(15)23(35)30-3-6-37-7-4-30)31-5-8-38-20(24(31)36)19(33)22(34)29-17-11-18(32)14(21(27)28)10-16(17)26/h1-2,9-11,19-20,32-33H,3-8H2,(H3,27,28)(H,29,34)/t19-,20-/m1/s1. The van der Waals surface area contributed by atoms with Crippen LogP contribution < -0.4 is 16.0 Å². The predicted molar refractivity (Wildman–Crippen MR) is 129 cm³/mol. The van der Waals surface area contributed by atoms with E-state index in [0.29, 0.717) is 13.2 Å². The molecule has 2 heterocycles. The van der Waals surface area contributed by atoms with Gasteiger partial charge in [-0.2, -0.15) is 0 Å². The molecular weight excluding hydrogens is 508 g/mol. The van der Waals surface area contributed by atoms with Crippen molar-refractivity contribution in [3.63, 3.8) is 0 Å². The van der Waals surface area contributed by atoms with E-state index in [1.807, 2.05) is 0 Å². The van der Waals surface area contributed by atoms with Crippen molar-refractivity contribution in [1.29, 1.82) is 5.41 Å². The van der Waals surface area contributed by atoms with Crippen LogP contribution in [0.15, 0.2) is 30.3 Å². The number of amides is 3. The monoisotopic (exact) mass is 533 g/mol. The number of morpholine rings is 2. The van der Waals surface area contributed by atoms with Crippen molar-refractivity contribution in [2.24, 2.45) is 5.73 Å². The SMILES string of the molecule is N=C(N)c1cc(F)c(NC(=O)[C@H](O)[C@H]2OCCN(c3ccc(F)c(C(=O)N4CCOCC4)c3)C2=O)cc1O. The molecule has 0 aromatic heterocycles. The molecule has 0 bridgehead atoms. The van der Waals surface area contributed by atoms with E-state index >= 15 is 0 Å². The number of nitrogens with zero attached hydrogens (tertiary/aromatic N) is 2. The van der Waals surface area contributed by atoms with Crippen molar-refractivity contribution in [3.8, 4) is 5.75 Å². The van der Waals surface area contributed by atoms with E-state index in [4.69, 9.17) is 20.6 Å². The fourth-order valence-electron chi connectivity index (χ4n) is 4.09. The van der Waals surface area contributed by atoms with Gasteiger partial charge in [-0.15, -0.1) is 0 Å². The van der Waals surface area contributed by atoms with Crippen molar-refractivity contribution in [2.45, 2.75) is 12.2 Å². The zero-order chi connectivity index (χ0) is 27.6. The largest absolute Gasteiger partial charge is 0.507 e. The van der Waals surface area contributed by atoms with Crippen molar-refractivity contribution < 1.29 is 42.9 Å². The fraction of sp³-hybridized carbons (Fsp3) is 0.333. The summed E-state index contributed by atoms with van der Waals surface area (Å²) in [7, 11) is 0. The van der Waals surface area contributed by atoms with E-state index in [1.54, 1.807) is 0 Å². The highest BCUT2D eigenvalue weighted by Gasteiger charge is 2.40. The van der Waals surface area contributed by atoms with E-state index in [-0.39, 0.29) is 43.1 Å². The number of aromatic hydroxyl groups is 1.